The van der Waals surface area contributed by atoms with E-state index in [0.29, 0.717) is 31.0 Å². The number of H-pyrrole nitrogens is 1. The van der Waals surface area contributed by atoms with Crippen molar-refractivity contribution in [3.8, 4) is 11.5 Å². The molecule has 0 aliphatic carbocycles. The Morgan fingerprint density at radius 3 is 2.73 bits per heavy atom. The van der Waals surface area contributed by atoms with E-state index in [2.05, 4.69) is 15.6 Å². The monoisotopic (exact) mass is 353 g/mol. The van der Waals surface area contributed by atoms with Gasteiger partial charge in [0.2, 0.25) is 0 Å². The Morgan fingerprint density at radius 2 is 1.92 bits per heavy atom. The predicted molar refractivity (Wildman–Crippen MR) is 103 cm³/mol. The largest absolute Gasteiger partial charge is 0.495 e. The molecule has 0 aliphatic heterocycles. The number of ether oxygens (including phenoxy) is 2. The third kappa shape index (κ3) is 3.91. The van der Waals surface area contributed by atoms with E-state index in [9.17, 15) is 4.79 Å². The number of hydrogen-bond acceptors (Lipinski definition) is 3. The third-order valence-electron chi connectivity index (χ3n) is 4.08. The number of carbonyl (C=O) groups excluding carboxylic acids is 1. The molecule has 1 aromatic heterocycles. The van der Waals surface area contributed by atoms with Crippen LogP contribution in [0.5, 0.6) is 11.5 Å². The topological polar surface area (TPSA) is 75.4 Å². The molecule has 0 aliphatic rings. The molecule has 2 aromatic carbocycles. The van der Waals surface area contributed by atoms with E-state index in [0.717, 1.165) is 22.2 Å². The highest BCUT2D eigenvalue weighted by atomic mass is 16.5. The first kappa shape index (κ1) is 17.7. The van der Waals surface area contributed by atoms with Gasteiger partial charge in [0.15, 0.2) is 0 Å². The quantitative estimate of drug-likeness (QED) is 0.602. The maximum Gasteiger partial charge on any atom is 0.319 e. The number of hydrogen-bond donors (Lipinski definition) is 3. The van der Waals surface area contributed by atoms with Crippen LogP contribution in [0.25, 0.3) is 10.9 Å². The van der Waals surface area contributed by atoms with Gasteiger partial charge in [0.05, 0.1) is 19.4 Å². The van der Waals surface area contributed by atoms with Crippen molar-refractivity contribution in [2.75, 3.05) is 25.6 Å². The lowest BCUT2D eigenvalue weighted by Crippen LogP contribution is -2.30. The fourth-order valence-electron chi connectivity index (χ4n) is 2.92. The number of rotatable bonds is 7. The lowest BCUT2D eigenvalue weighted by Gasteiger charge is -2.11. The number of aromatic nitrogens is 1. The smallest absolute Gasteiger partial charge is 0.319 e. The molecule has 26 heavy (non-hydrogen) atoms. The standard InChI is InChI=1S/C20H23N3O3/c1-3-26-18-10-6-8-16-19(18)14(13-22-16)11-12-21-20(24)23-15-7-4-5-9-17(15)25-2/h4-10,13,22H,3,11-12H2,1-2H3,(H2,21,23,24). The van der Waals surface area contributed by atoms with Crippen LogP contribution in [0, 0.1) is 0 Å². The number of benzene rings is 2. The van der Waals surface area contributed by atoms with Crippen molar-refractivity contribution in [3.63, 3.8) is 0 Å². The normalized spacial score (nSPS) is 10.5. The highest BCUT2D eigenvalue weighted by molar-refractivity contribution is 5.91. The summed E-state index contributed by atoms with van der Waals surface area (Å²) in [5.41, 5.74) is 2.78. The Bertz CT molecular complexity index is 889. The summed E-state index contributed by atoms with van der Waals surface area (Å²) in [6.07, 6.45) is 2.66. The van der Waals surface area contributed by atoms with Crippen molar-refractivity contribution in [1.82, 2.24) is 10.3 Å². The number of carbonyl (C=O) groups is 1. The minimum atomic E-state index is -0.264. The van der Waals surface area contributed by atoms with Gasteiger partial charge in [0.25, 0.3) is 0 Å². The molecule has 136 valence electrons. The number of aromatic amines is 1. The molecule has 3 rings (SSSR count). The van der Waals surface area contributed by atoms with Gasteiger partial charge in [-0.1, -0.05) is 18.2 Å². The van der Waals surface area contributed by atoms with E-state index in [-0.39, 0.29) is 6.03 Å². The highest BCUT2D eigenvalue weighted by Gasteiger charge is 2.10. The maximum absolute atomic E-state index is 12.1. The number of fused-ring (bicyclic) bond motifs is 1. The number of para-hydroxylation sites is 2. The van der Waals surface area contributed by atoms with Crippen LogP contribution in [0.15, 0.2) is 48.7 Å². The molecule has 3 aromatic rings. The molecule has 0 bridgehead atoms. The third-order valence-corrected chi connectivity index (χ3v) is 4.08. The summed E-state index contributed by atoms with van der Waals surface area (Å²) in [5.74, 6) is 1.49. The average molecular weight is 353 g/mol. The molecule has 0 atom stereocenters. The van der Waals surface area contributed by atoms with E-state index >= 15 is 0 Å². The van der Waals surface area contributed by atoms with Gasteiger partial charge in [0, 0.05) is 23.6 Å². The second kappa shape index (κ2) is 8.29. The zero-order chi connectivity index (χ0) is 18.4. The van der Waals surface area contributed by atoms with Crippen molar-refractivity contribution in [2.45, 2.75) is 13.3 Å². The van der Waals surface area contributed by atoms with Crippen LogP contribution >= 0.6 is 0 Å². The van der Waals surface area contributed by atoms with Gasteiger partial charge in [-0.05, 0) is 43.2 Å². The average Bonchev–Trinajstić information content (AvgIpc) is 3.07. The second-order valence-electron chi connectivity index (χ2n) is 5.76. The van der Waals surface area contributed by atoms with Gasteiger partial charge >= 0.3 is 6.03 Å². The summed E-state index contributed by atoms with van der Waals surface area (Å²) >= 11 is 0. The minimum absolute atomic E-state index is 0.264. The van der Waals surface area contributed by atoms with Crippen LogP contribution < -0.4 is 20.1 Å². The molecule has 1 heterocycles. The molecular weight excluding hydrogens is 330 g/mol. The van der Waals surface area contributed by atoms with Gasteiger partial charge in [0.1, 0.15) is 11.5 Å². The summed E-state index contributed by atoms with van der Waals surface area (Å²) in [5, 5.41) is 6.75. The molecule has 0 saturated heterocycles. The number of methoxy groups -OCH3 is 1. The summed E-state index contributed by atoms with van der Waals surface area (Å²) < 4.78 is 10.9. The first-order valence-corrected chi connectivity index (χ1v) is 8.62. The van der Waals surface area contributed by atoms with Gasteiger partial charge in [-0.3, -0.25) is 0 Å². The van der Waals surface area contributed by atoms with Crippen molar-refractivity contribution < 1.29 is 14.3 Å². The summed E-state index contributed by atoms with van der Waals surface area (Å²) in [7, 11) is 1.57. The number of amides is 2. The van der Waals surface area contributed by atoms with Crippen LogP contribution in [0.3, 0.4) is 0 Å². The van der Waals surface area contributed by atoms with E-state index in [1.165, 1.54) is 0 Å². The zero-order valence-electron chi connectivity index (χ0n) is 15.0. The van der Waals surface area contributed by atoms with Crippen molar-refractivity contribution in [2.24, 2.45) is 0 Å². The second-order valence-corrected chi connectivity index (χ2v) is 5.76. The Balaban J connectivity index is 1.61. The van der Waals surface area contributed by atoms with Crippen LogP contribution in [-0.4, -0.2) is 31.3 Å². The first-order chi connectivity index (χ1) is 12.7. The molecular formula is C20H23N3O3. The molecule has 3 N–H and O–H groups in total. The van der Waals surface area contributed by atoms with E-state index in [1.54, 1.807) is 19.2 Å². The Kier molecular flexibility index (Phi) is 5.63. The van der Waals surface area contributed by atoms with Crippen LogP contribution in [0.1, 0.15) is 12.5 Å². The van der Waals surface area contributed by atoms with Crippen LogP contribution in [-0.2, 0) is 6.42 Å². The first-order valence-electron chi connectivity index (χ1n) is 8.62. The van der Waals surface area contributed by atoms with Gasteiger partial charge in [-0.2, -0.15) is 0 Å². The van der Waals surface area contributed by atoms with Crippen molar-refractivity contribution in [1.29, 1.82) is 0 Å². The molecule has 0 radical (unpaired) electrons. The summed E-state index contributed by atoms with van der Waals surface area (Å²) in [6.45, 7) is 3.09. The molecule has 0 saturated carbocycles. The summed E-state index contributed by atoms with van der Waals surface area (Å²) in [6, 6.07) is 13.0. The Morgan fingerprint density at radius 1 is 1.12 bits per heavy atom. The Labute approximate surface area is 152 Å². The van der Waals surface area contributed by atoms with Crippen LogP contribution in [0.2, 0.25) is 0 Å². The minimum Gasteiger partial charge on any atom is -0.495 e. The maximum atomic E-state index is 12.1. The van der Waals surface area contributed by atoms with Crippen LogP contribution in [0.4, 0.5) is 10.5 Å². The van der Waals surface area contributed by atoms with Gasteiger partial charge < -0.3 is 25.1 Å². The molecule has 2 amide bonds. The number of anilines is 1. The Hall–Kier alpha value is -3.15. The van der Waals surface area contributed by atoms with E-state index < -0.39 is 0 Å². The van der Waals surface area contributed by atoms with E-state index in [4.69, 9.17) is 9.47 Å². The molecule has 0 spiro atoms. The van der Waals surface area contributed by atoms with Gasteiger partial charge in [-0.15, -0.1) is 0 Å². The van der Waals surface area contributed by atoms with Crippen molar-refractivity contribution >= 4 is 22.6 Å². The van der Waals surface area contributed by atoms with E-state index in [1.807, 2.05) is 43.5 Å². The molecule has 0 unspecified atom stereocenters. The predicted octanol–water partition coefficient (Wildman–Crippen LogP) is 3.94. The molecule has 6 heteroatoms. The molecule has 0 fully saturated rings. The number of nitrogens with one attached hydrogen (secondary N) is 3. The van der Waals surface area contributed by atoms with Crippen molar-refractivity contribution in [3.05, 3.63) is 54.2 Å². The SMILES string of the molecule is CCOc1cccc2[nH]cc(CCNC(=O)Nc3ccccc3OC)c12. The summed E-state index contributed by atoms with van der Waals surface area (Å²) in [4.78, 5) is 15.4. The molecule has 6 nitrogen and oxygen atoms in total. The zero-order valence-corrected chi connectivity index (χ0v) is 15.0. The fraction of sp³-hybridized carbons (Fsp3) is 0.250. The lowest BCUT2D eigenvalue weighted by atomic mass is 10.1. The fourth-order valence-corrected chi connectivity index (χ4v) is 2.92. The highest BCUT2D eigenvalue weighted by Crippen LogP contribution is 2.29. The number of urea groups is 1. The van der Waals surface area contributed by atoms with Gasteiger partial charge in [-0.25, -0.2) is 4.79 Å². The lowest BCUT2D eigenvalue weighted by molar-refractivity contribution is 0.252.